The summed E-state index contributed by atoms with van der Waals surface area (Å²) >= 11 is 0. The van der Waals surface area contributed by atoms with Crippen LogP contribution in [0.25, 0.3) is 0 Å². The maximum Gasteiger partial charge on any atom is 0.236 e. The lowest BCUT2D eigenvalue weighted by atomic mass is 10.1. The monoisotopic (exact) mass is 234 g/mol. The molecule has 0 aromatic heterocycles. The van der Waals surface area contributed by atoms with Gasteiger partial charge in [-0.2, -0.15) is 0 Å². The van der Waals surface area contributed by atoms with E-state index in [0.29, 0.717) is 5.56 Å². The van der Waals surface area contributed by atoms with Crippen molar-refractivity contribution in [3.63, 3.8) is 0 Å². The summed E-state index contributed by atoms with van der Waals surface area (Å²) in [6.07, 6.45) is 0.740. The normalized spacial score (nSPS) is 11.6. The lowest BCUT2D eigenvalue weighted by Crippen LogP contribution is -1.96. The van der Waals surface area contributed by atoms with Gasteiger partial charge in [0.15, 0.2) is 0 Å². The number of aromatic hydroxyl groups is 1. The highest BCUT2D eigenvalue weighted by atomic mass is 35.7. The maximum absolute atomic E-state index is 10.8. The van der Waals surface area contributed by atoms with Crippen LogP contribution < -0.4 is 0 Å². The first kappa shape index (κ1) is 11.3. The third-order valence-corrected chi connectivity index (χ3v) is 2.79. The fourth-order valence-corrected chi connectivity index (χ4v) is 2.17. The van der Waals surface area contributed by atoms with Crippen LogP contribution in [0, 0.1) is 0 Å². The van der Waals surface area contributed by atoms with E-state index in [0.717, 1.165) is 12.0 Å². The first-order valence-electron chi connectivity index (χ1n) is 4.15. The lowest BCUT2D eigenvalue weighted by Gasteiger charge is -2.03. The van der Waals surface area contributed by atoms with Gasteiger partial charge in [-0.1, -0.05) is 13.0 Å². The highest BCUT2D eigenvalue weighted by molar-refractivity contribution is 8.13. The van der Waals surface area contributed by atoms with Crippen molar-refractivity contribution in [1.82, 2.24) is 0 Å². The highest BCUT2D eigenvalue weighted by Gasteiger charge is 2.08. The van der Waals surface area contributed by atoms with Gasteiger partial charge in [0.25, 0.3) is 0 Å². The predicted molar refractivity (Wildman–Crippen MR) is 56.0 cm³/mol. The summed E-state index contributed by atoms with van der Waals surface area (Å²) in [5, 5.41) is 9.28. The minimum absolute atomic E-state index is 0.0691. The Morgan fingerprint density at radius 2 is 1.86 bits per heavy atom. The number of hydrogen-bond donors (Lipinski definition) is 1. The van der Waals surface area contributed by atoms with Gasteiger partial charge in [-0.05, 0) is 29.7 Å². The van der Waals surface area contributed by atoms with Crippen molar-refractivity contribution in [3.8, 4) is 5.75 Å². The van der Waals surface area contributed by atoms with Crippen molar-refractivity contribution in [2.24, 2.45) is 0 Å². The van der Waals surface area contributed by atoms with Crippen molar-refractivity contribution in [1.29, 1.82) is 0 Å². The van der Waals surface area contributed by atoms with Gasteiger partial charge in [-0.25, -0.2) is 8.42 Å². The fraction of sp³-hybridized carbons (Fsp3) is 0.333. The van der Waals surface area contributed by atoms with Gasteiger partial charge < -0.3 is 5.11 Å². The van der Waals surface area contributed by atoms with Crippen LogP contribution in [0.2, 0.25) is 0 Å². The number of aryl methyl sites for hydroxylation is 1. The van der Waals surface area contributed by atoms with Crippen LogP contribution in [0.4, 0.5) is 0 Å². The Morgan fingerprint density at radius 1 is 1.29 bits per heavy atom. The largest absolute Gasteiger partial charge is 0.508 e. The number of halogens is 1. The van der Waals surface area contributed by atoms with Crippen LogP contribution in [0.15, 0.2) is 18.2 Å². The summed E-state index contributed by atoms with van der Waals surface area (Å²) in [5.74, 6) is -0.185. The Balaban J connectivity index is 3.04. The van der Waals surface area contributed by atoms with Gasteiger partial charge in [-0.3, -0.25) is 0 Å². The Morgan fingerprint density at radius 3 is 2.36 bits per heavy atom. The van der Waals surface area contributed by atoms with E-state index in [4.69, 9.17) is 10.7 Å². The molecule has 0 fully saturated rings. The van der Waals surface area contributed by atoms with Gasteiger partial charge in [0, 0.05) is 10.7 Å². The predicted octanol–water partition coefficient (Wildman–Crippen LogP) is 2.02. The Labute approximate surface area is 87.8 Å². The van der Waals surface area contributed by atoms with E-state index in [9.17, 15) is 13.5 Å². The van der Waals surface area contributed by atoms with Gasteiger partial charge in [-0.15, -0.1) is 0 Å². The minimum atomic E-state index is -3.56. The second kappa shape index (κ2) is 4.19. The first-order valence-corrected chi connectivity index (χ1v) is 6.62. The van der Waals surface area contributed by atoms with E-state index in [1.807, 2.05) is 6.92 Å². The highest BCUT2D eigenvalue weighted by Crippen LogP contribution is 2.19. The molecule has 0 radical (unpaired) electrons. The van der Waals surface area contributed by atoms with E-state index in [2.05, 4.69) is 0 Å². The van der Waals surface area contributed by atoms with Crippen LogP contribution >= 0.6 is 10.7 Å². The molecule has 5 heteroatoms. The number of phenolic OH excluding ortho intramolecular Hbond substituents is 1. The molecule has 0 saturated heterocycles. The molecule has 0 atom stereocenters. The third kappa shape index (κ3) is 3.55. The van der Waals surface area contributed by atoms with Crippen LogP contribution in [-0.4, -0.2) is 13.5 Å². The van der Waals surface area contributed by atoms with Gasteiger partial charge in [0.2, 0.25) is 9.05 Å². The Bertz CT molecular complexity index is 426. The molecule has 0 aliphatic rings. The number of rotatable bonds is 3. The van der Waals surface area contributed by atoms with Crippen LogP contribution in [0.1, 0.15) is 18.1 Å². The van der Waals surface area contributed by atoms with Gasteiger partial charge in [0.05, 0.1) is 5.75 Å². The Kier molecular flexibility index (Phi) is 3.39. The maximum atomic E-state index is 10.8. The molecule has 0 spiro atoms. The molecule has 0 heterocycles. The van der Waals surface area contributed by atoms with Gasteiger partial charge in [0.1, 0.15) is 5.75 Å². The second-order valence-electron chi connectivity index (χ2n) is 3.04. The standard InChI is InChI=1S/C9H11ClO3S/c1-2-7-3-8(5-9(11)4-7)6-14(10,12)13/h3-5,11H,2,6H2,1H3. The van der Waals surface area contributed by atoms with E-state index >= 15 is 0 Å². The minimum Gasteiger partial charge on any atom is -0.508 e. The van der Waals surface area contributed by atoms with Crippen molar-refractivity contribution in [2.45, 2.75) is 19.1 Å². The van der Waals surface area contributed by atoms with Crippen LogP contribution in [-0.2, 0) is 21.2 Å². The van der Waals surface area contributed by atoms with Crippen molar-refractivity contribution in [3.05, 3.63) is 29.3 Å². The molecule has 1 aromatic rings. The summed E-state index contributed by atoms with van der Waals surface area (Å²) in [5.41, 5.74) is 1.40. The van der Waals surface area contributed by atoms with E-state index in [-0.39, 0.29) is 11.5 Å². The first-order chi connectivity index (χ1) is 6.40. The summed E-state index contributed by atoms with van der Waals surface area (Å²) in [6.45, 7) is 1.92. The van der Waals surface area contributed by atoms with Gasteiger partial charge >= 0.3 is 0 Å². The molecule has 0 amide bonds. The number of benzene rings is 1. The smallest absolute Gasteiger partial charge is 0.236 e. The molecule has 1 rings (SSSR count). The van der Waals surface area contributed by atoms with Crippen LogP contribution in [0.3, 0.4) is 0 Å². The molecule has 1 N–H and O–H groups in total. The topological polar surface area (TPSA) is 54.4 Å². The number of phenols is 1. The van der Waals surface area contributed by atoms with E-state index < -0.39 is 9.05 Å². The molecule has 14 heavy (non-hydrogen) atoms. The average molecular weight is 235 g/mol. The van der Waals surface area contributed by atoms with E-state index in [1.165, 1.54) is 6.07 Å². The molecule has 0 aliphatic heterocycles. The second-order valence-corrected chi connectivity index (χ2v) is 5.82. The molecule has 3 nitrogen and oxygen atoms in total. The summed E-state index contributed by atoms with van der Waals surface area (Å²) in [7, 11) is 1.55. The van der Waals surface area contributed by atoms with E-state index in [1.54, 1.807) is 12.1 Å². The molecule has 0 saturated carbocycles. The molecule has 0 unspecified atom stereocenters. The average Bonchev–Trinajstić information content (AvgIpc) is 1.99. The number of hydrogen-bond acceptors (Lipinski definition) is 3. The summed E-state index contributed by atoms with van der Waals surface area (Å²) in [4.78, 5) is 0. The lowest BCUT2D eigenvalue weighted by molar-refractivity contribution is 0.474. The Hall–Kier alpha value is -0.740. The molecule has 0 bridgehead atoms. The molecule has 78 valence electrons. The zero-order valence-electron chi connectivity index (χ0n) is 7.70. The molecular formula is C9H11ClO3S. The third-order valence-electron chi connectivity index (χ3n) is 1.78. The quantitative estimate of drug-likeness (QED) is 0.815. The summed E-state index contributed by atoms with van der Waals surface area (Å²) < 4.78 is 21.6. The van der Waals surface area contributed by atoms with Crippen LogP contribution in [0.5, 0.6) is 5.75 Å². The molecule has 0 aliphatic carbocycles. The van der Waals surface area contributed by atoms with Crippen molar-refractivity contribution in [2.75, 3.05) is 0 Å². The zero-order chi connectivity index (χ0) is 10.8. The zero-order valence-corrected chi connectivity index (χ0v) is 9.27. The SMILES string of the molecule is CCc1cc(O)cc(CS(=O)(=O)Cl)c1. The van der Waals surface area contributed by atoms with Crippen molar-refractivity contribution < 1.29 is 13.5 Å². The fourth-order valence-electron chi connectivity index (χ4n) is 1.23. The molecule has 1 aromatic carbocycles. The van der Waals surface area contributed by atoms with Crippen molar-refractivity contribution >= 4 is 19.7 Å². The molecular weight excluding hydrogens is 224 g/mol. The summed E-state index contributed by atoms with van der Waals surface area (Å²) in [6, 6.07) is 4.73.